The first-order valence-corrected chi connectivity index (χ1v) is 11.0. The van der Waals surface area contributed by atoms with Crippen LogP contribution in [0.15, 0.2) is 60.7 Å². The van der Waals surface area contributed by atoms with Gasteiger partial charge in [-0.05, 0) is 57.4 Å². The van der Waals surface area contributed by atoms with Crippen LogP contribution in [-0.4, -0.2) is 47.8 Å². The normalized spacial score (nSPS) is 21.1. The van der Waals surface area contributed by atoms with E-state index >= 15 is 0 Å². The Morgan fingerprint density at radius 1 is 0.643 bits per heavy atom. The van der Waals surface area contributed by atoms with Gasteiger partial charge in [0, 0.05) is 5.56 Å². The molecule has 0 aliphatic carbocycles. The first kappa shape index (κ1) is 19.4. The van der Waals surface area contributed by atoms with Gasteiger partial charge in [-0.2, -0.15) is 0 Å². The van der Waals surface area contributed by atoms with Crippen molar-refractivity contribution in [3.05, 3.63) is 71.8 Å². The van der Waals surface area contributed by atoms with Crippen LogP contribution in [-0.2, 0) is 0 Å². The molecule has 2 saturated heterocycles. The number of hydrogen-bond donors (Lipinski definition) is 0. The van der Waals surface area contributed by atoms with Crippen molar-refractivity contribution >= 4 is 5.78 Å². The number of nitrogens with zero attached hydrogens (tertiary/aromatic N) is 2. The topological polar surface area (TPSA) is 23.6 Å². The lowest BCUT2D eigenvalue weighted by molar-refractivity contribution is 0.0425. The maximum atomic E-state index is 13.8. The van der Waals surface area contributed by atoms with E-state index in [1.807, 2.05) is 30.3 Å². The Hall–Kier alpha value is -1.97. The number of rotatable bonds is 6. The number of carbonyl (C=O) groups excluding carboxylic acids is 1. The summed E-state index contributed by atoms with van der Waals surface area (Å²) in [7, 11) is 0. The quantitative estimate of drug-likeness (QED) is 0.667. The molecule has 0 spiro atoms. The molecule has 2 heterocycles. The SMILES string of the molecule is O=C(c1ccccc1)C(C(c1ccccc1)N1CCCCC1)N1CCCCC1. The summed E-state index contributed by atoms with van der Waals surface area (Å²) < 4.78 is 0. The predicted octanol–water partition coefficient (Wildman–Crippen LogP) is 4.95. The molecule has 4 rings (SSSR count). The van der Waals surface area contributed by atoms with Crippen molar-refractivity contribution in [1.82, 2.24) is 9.80 Å². The molecule has 3 heteroatoms. The Kier molecular flexibility index (Phi) is 6.56. The fourth-order valence-corrected chi connectivity index (χ4v) is 4.92. The Labute approximate surface area is 169 Å². The molecule has 2 fully saturated rings. The minimum atomic E-state index is -0.108. The van der Waals surface area contributed by atoms with Crippen LogP contribution in [0.4, 0.5) is 0 Å². The summed E-state index contributed by atoms with van der Waals surface area (Å²) in [4.78, 5) is 18.9. The second-order valence-corrected chi connectivity index (χ2v) is 8.22. The summed E-state index contributed by atoms with van der Waals surface area (Å²) in [5.41, 5.74) is 2.13. The van der Waals surface area contributed by atoms with Gasteiger partial charge in [0.15, 0.2) is 5.78 Å². The van der Waals surface area contributed by atoms with Crippen molar-refractivity contribution in [1.29, 1.82) is 0 Å². The fraction of sp³-hybridized carbons (Fsp3) is 0.480. The van der Waals surface area contributed by atoms with Gasteiger partial charge in [0.05, 0.1) is 12.1 Å². The highest BCUT2D eigenvalue weighted by Gasteiger charge is 2.39. The first-order valence-electron chi connectivity index (χ1n) is 11.0. The van der Waals surface area contributed by atoms with Gasteiger partial charge in [-0.3, -0.25) is 14.6 Å². The van der Waals surface area contributed by atoms with E-state index in [0.717, 1.165) is 31.7 Å². The molecule has 0 bridgehead atoms. The third-order valence-electron chi connectivity index (χ3n) is 6.34. The molecule has 2 aromatic carbocycles. The largest absolute Gasteiger partial charge is 0.294 e. The van der Waals surface area contributed by atoms with Crippen molar-refractivity contribution < 1.29 is 4.79 Å². The standard InChI is InChI=1S/C25H32N2O/c28-25(22-15-7-2-8-16-22)24(27-19-11-4-12-20-27)23(21-13-5-1-6-14-21)26-17-9-3-10-18-26/h1-2,5-8,13-16,23-24H,3-4,9-12,17-20H2. The molecule has 3 nitrogen and oxygen atoms in total. The second-order valence-electron chi connectivity index (χ2n) is 8.22. The smallest absolute Gasteiger partial charge is 0.181 e. The van der Waals surface area contributed by atoms with Crippen molar-refractivity contribution in [3.8, 4) is 0 Å². The number of likely N-dealkylation sites (tertiary alicyclic amines) is 2. The Balaban J connectivity index is 1.74. The lowest BCUT2D eigenvalue weighted by Gasteiger charge is -2.44. The molecule has 2 unspecified atom stereocenters. The third-order valence-corrected chi connectivity index (χ3v) is 6.34. The number of carbonyl (C=O) groups is 1. The van der Waals surface area contributed by atoms with E-state index in [1.54, 1.807) is 0 Å². The summed E-state index contributed by atoms with van der Waals surface area (Å²) in [6.07, 6.45) is 7.44. The molecule has 0 amide bonds. The molecule has 2 aliphatic rings. The highest BCUT2D eigenvalue weighted by atomic mass is 16.1. The highest BCUT2D eigenvalue weighted by molar-refractivity contribution is 6.00. The number of Topliss-reactive ketones (excluding diaryl/α,β-unsaturated/α-hetero) is 1. The summed E-state index contributed by atoms with van der Waals surface area (Å²) in [6.45, 7) is 4.23. The van der Waals surface area contributed by atoms with Crippen molar-refractivity contribution in [2.45, 2.75) is 50.6 Å². The Morgan fingerprint density at radius 3 is 1.71 bits per heavy atom. The van der Waals surface area contributed by atoms with E-state index in [0.29, 0.717) is 0 Å². The van der Waals surface area contributed by atoms with Gasteiger partial charge in [0.25, 0.3) is 0 Å². The van der Waals surface area contributed by atoms with Gasteiger partial charge in [0.2, 0.25) is 0 Å². The summed E-state index contributed by atoms with van der Waals surface area (Å²) >= 11 is 0. The van der Waals surface area contributed by atoms with Gasteiger partial charge in [-0.15, -0.1) is 0 Å². The molecule has 0 radical (unpaired) electrons. The van der Waals surface area contributed by atoms with E-state index in [1.165, 1.54) is 44.1 Å². The maximum Gasteiger partial charge on any atom is 0.181 e. The molecule has 0 saturated carbocycles. The van der Waals surface area contributed by atoms with Gasteiger partial charge in [0.1, 0.15) is 0 Å². The molecule has 2 aromatic rings. The van der Waals surface area contributed by atoms with Gasteiger partial charge >= 0.3 is 0 Å². The monoisotopic (exact) mass is 376 g/mol. The van der Waals surface area contributed by atoms with E-state index < -0.39 is 0 Å². The van der Waals surface area contributed by atoms with E-state index in [2.05, 4.69) is 40.1 Å². The molecule has 28 heavy (non-hydrogen) atoms. The molecule has 2 atom stereocenters. The fourth-order valence-electron chi connectivity index (χ4n) is 4.92. The minimum Gasteiger partial charge on any atom is -0.294 e. The van der Waals surface area contributed by atoms with Crippen molar-refractivity contribution in [3.63, 3.8) is 0 Å². The second kappa shape index (κ2) is 9.49. The summed E-state index contributed by atoms with van der Waals surface area (Å²) in [6, 6.07) is 20.7. The van der Waals surface area contributed by atoms with Crippen LogP contribution >= 0.6 is 0 Å². The van der Waals surface area contributed by atoms with Crippen molar-refractivity contribution in [2.75, 3.05) is 26.2 Å². The molecular weight excluding hydrogens is 344 g/mol. The molecule has 148 valence electrons. The van der Waals surface area contributed by atoms with Crippen LogP contribution in [0.2, 0.25) is 0 Å². The van der Waals surface area contributed by atoms with Gasteiger partial charge < -0.3 is 0 Å². The van der Waals surface area contributed by atoms with E-state index in [-0.39, 0.29) is 17.9 Å². The predicted molar refractivity (Wildman–Crippen MR) is 115 cm³/mol. The zero-order valence-corrected chi connectivity index (χ0v) is 16.8. The minimum absolute atomic E-state index is 0.108. The van der Waals surface area contributed by atoms with E-state index in [9.17, 15) is 4.79 Å². The molecule has 0 N–H and O–H groups in total. The van der Waals surface area contributed by atoms with Crippen LogP contribution in [0.3, 0.4) is 0 Å². The van der Waals surface area contributed by atoms with Crippen LogP contribution in [0.1, 0.15) is 60.5 Å². The number of benzene rings is 2. The van der Waals surface area contributed by atoms with Gasteiger partial charge in [-0.25, -0.2) is 0 Å². The highest BCUT2D eigenvalue weighted by Crippen LogP contribution is 2.33. The van der Waals surface area contributed by atoms with Crippen LogP contribution in [0.25, 0.3) is 0 Å². The average molecular weight is 377 g/mol. The average Bonchev–Trinajstić information content (AvgIpc) is 2.79. The lowest BCUT2D eigenvalue weighted by Crippen LogP contribution is -2.53. The number of piperidine rings is 2. The van der Waals surface area contributed by atoms with Crippen LogP contribution in [0.5, 0.6) is 0 Å². The molecule has 2 aliphatic heterocycles. The summed E-state index contributed by atoms with van der Waals surface area (Å²) in [5.74, 6) is 0.280. The number of ketones is 1. The van der Waals surface area contributed by atoms with Crippen LogP contribution in [0, 0.1) is 0 Å². The maximum absolute atomic E-state index is 13.8. The number of hydrogen-bond acceptors (Lipinski definition) is 3. The Morgan fingerprint density at radius 2 is 1.14 bits per heavy atom. The lowest BCUT2D eigenvalue weighted by atomic mass is 9.88. The molecular formula is C25H32N2O. The summed E-state index contributed by atoms with van der Waals surface area (Å²) in [5, 5.41) is 0. The van der Waals surface area contributed by atoms with Crippen molar-refractivity contribution in [2.24, 2.45) is 0 Å². The van der Waals surface area contributed by atoms with Crippen LogP contribution < -0.4 is 0 Å². The van der Waals surface area contributed by atoms with E-state index in [4.69, 9.17) is 0 Å². The first-order chi connectivity index (χ1) is 13.8. The third kappa shape index (κ3) is 4.37. The van der Waals surface area contributed by atoms with Gasteiger partial charge in [-0.1, -0.05) is 73.5 Å². The zero-order chi connectivity index (χ0) is 19.2. The Bertz CT molecular complexity index is 734. The molecule has 0 aromatic heterocycles. The zero-order valence-electron chi connectivity index (χ0n) is 16.8.